The van der Waals surface area contributed by atoms with Gasteiger partial charge in [0, 0.05) is 26.6 Å². The van der Waals surface area contributed by atoms with Crippen LogP contribution in [0.4, 0.5) is 0 Å². The number of ether oxygens (including phenoxy) is 8. The first-order valence-corrected chi connectivity index (χ1v) is 13.4. The van der Waals surface area contributed by atoms with E-state index in [1.807, 2.05) is 57.2 Å². The van der Waals surface area contributed by atoms with E-state index < -0.39 is 11.9 Å². The minimum atomic E-state index is -0.786. The summed E-state index contributed by atoms with van der Waals surface area (Å²) in [6.45, 7) is 6.99. The van der Waals surface area contributed by atoms with Crippen molar-refractivity contribution in [3.63, 3.8) is 0 Å². The molecule has 2 heterocycles. The first-order chi connectivity index (χ1) is 18.3. The third-order valence-corrected chi connectivity index (χ3v) is 6.48. The Labute approximate surface area is 226 Å². The zero-order chi connectivity index (χ0) is 27.4. The minimum absolute atomic E-state index is 0.0343. The van der Waals surface area contributed by atoms with E-state index >= 15 is 0 Å². The molecule has 4 unspecified atom stereocenters. The lowest BCUT2D eigenvalue weighted by Gasteiger charge is -2.28. The van der Waals surface area contributed by atoms with Crippen LogP contribution in [0.15, 0.2) is 36.4 Å². The maximum atomic E-state index is 11.5. The number of hydrogen-bond donors (Lipinski definition) is 0. The molecule has 0 amide bonds. The van der Waals surface area contributed by atoms with Gasteiger partial charge in [-0.2, -0.15) is 0 Å². The Balaban J connectivity index is 1.63. The van der Waals surface area contributed by atoms with Crippen LogP contribution in [0.2, 0.25) is 0 Å². The summed E-state index contributed by atoms with van der Waals surface area (Å²) in [7, 11) is 3.17. The fraction of sp³-hybridized carbons (Fsp3) is 0.690. The van der Waals surface area contributed by atoms with Gasteiger partial charge in [-0.05, 0) is 57.7 Å². The average Bonchev–Trinajstić information content (AvgIpc) is 3.21. The van der Waals surface area contributed by atoms with Gasteiger partial charge in [0.2, 0.25) is 0 Å². The molecule has 2 fully saturated rings. The predicted octanol–water partition coefficient (Wildman–Crippen LogP) is 4.56. The molecule has 9 heteroatoms. The molecule has 9 nitrogen and oxygen atoms in total. The number of aldehydes is 1. The van der Waals surface area contributed by atoms with Crippen LogP contribution in [0.25, 0.3) is 0 Å². The number of rotatable bonds is 16. The van der Waals surface area contributed by atoms with Crippen molar-refractivity contribution >= 4 is 6.29 Å². The van der Waals surface area contributed by atoms with E-state index in [0.29, 0.717) is 26.1 Å². The second-order valence-corrected chi connectivity index (χ2v) is 10.2. The molecule has 0 spiro atoms. The van der Waals surface area contributed by atoms with E-state index in [0.717, 1.165) is 36.9 Å². The molecular weight excluding hydrogens is 492 g/mol. The Kier molecular flexibility index (Phi) is 12.7. The lowest BCUT2D eigenvalue weighted by Crippen LogP contribution is -2.31. The highest BCUT2D eigenvalue weighted by atomic mass is 16.8. The highest BCUT2D eigenvalue weighted by Gasteiger charge is 2.41. The third-order valence-electron chi connectivity index (χ3n) is 6.48. The molecule has 0 aliphatic carbocycles. The van der Waals surface area contributed by atoms with Crippen molar-refractivity contribution in [3.05, 3.63) is 42.0 Å². The van der Waals surface area contributed by atoms with Crippen molar-refractivity contribution in [2.45, 2.75) is 102 Å². The van der Waals surface area contributed by atoms with Crippen LogP contribution in [0, 0.1) is 0 Å². The van der Waals surface area contributed by atoms with Gasteiger partial charge in [0.1, 0.15) is 31.0 Å². The molecule has 6 atom stereocenters. The molecule has 0 N–H and O–H groups in total. The summed E-state index contributed by atoms with van der Waals surface area (Å²) in [6.07, 6.45) is 6.77. The second kappa shape index (κ2) is 15.7. The van der Waals surface area contributed by atoms with E-state index in [4.69, 9.17) is 37.9 Å². The summed E-state index contributed by atoms with van der Waals surface area (Å²) in [4.78, 5) is 11.5. The second-order valence-electron chi connectivity index (χ2n) is 10.2. The summed E-state index contributed by atoms with van der Waals surface area (Å²) in [5.41, 5.74) is 1.07. The van der Waals surface area contributed by atoms with Crippen molar-refractivity contribution in [3.8, 4) is 5.75 Å². The van der Waals surface area contributed by atoms with Gasteiger partial charge in [0.25, 0.3) is 0 Å². The van der Waals surface area contributed by atoms with Crippen molar-refractivity contribution in [2.75, 3.05) is 27.6 Å². The largest absolute Gasteiger partial charge is 0.497 e. The van der Waals surface area contributed by atoms with Crippen LogP contribution in [0.5, 0.6) is 5.75 Å². The van der Waals surface area contributed by atoms with Gasteiger partial charge < -0.3 is 42.7 Å². The van der Waals surface area contributed by atoms with Gasteiger partial charge in [-0.15, -0.1) is 0 Å². The summed E-state index contributed by atoms with van der Waals surface area (Å²) < 4.78 is 46.2. The van der Waals surface area contributed by atoms with Gasteiger partial charge in [0.15, 0.2) is 12.1 Å². The molecule has 0 aromatic heterocycles. The SMILES string of the molecule is COCOC(C=O)C[C@H]1OC(C)(C)O[C@@H]1/C=C/C(CC(C)OCc1ccc(OC)cc1)OC1CCCCO1. The smallest absolute Gasteiger partial charge is 0.164 e. The molecule has 3 rings (SSSR count). The molecule has 0 saturated carbocycles. The van der Waals surface area contributed by atoms with Crippen molar-refractivity contribution in [1.82, 2.24) is 0 Å². The average molecular weight is 537 g/mol. The normalized spacial score (nSPS) is 25.8. The van der Waals surface area contributed by atoms with E-state index in [9.17, 15) is 4.79 Å². The number of hydrogen-bond acceptors (Lipinski definition) is 9. The van der Waals surface area contributed by atoms with Crippen molar-refractivity contribution in [2.24, 2.45) is 0 Å². The molecule has 0 bridgehead atoms. The van der Waals surface area contributed by atoms with Gasteiger partial charge in [-0.3, -0.25) is 0 Å². The van der Waals surface area contributed by atoms with Crippen LogP contribution in [-0.2, 0) is 44.6 Å². The van der Waals surface area contributed by atoms with Gasteiger partial charge in [-0.1, -0.05) is 24.3 Å². The van der Waals surface area contributed by atoms with Gasteiger partial charge >= 0.3 is 0 Å². The van der Waals surface area contributed by atoms with E-state index in [-0.39, 0.29) is 37.5 Å². The molecule has 38 heavy (non-hydrogen) atoms. The van der Waals surface area contributed by atoms with Crippen molar-refractivity contribution < 1.29 is 42.7 Å². The van der Waals surface area contributed by atoms with Crippen LogP contribution >= 0.6 is 0 Å². The number of benzene rings is 1. The Morgan fingerprint density at radius 1 is 1.08 bits per heavy atom. The minimum Gasteiger partial charge on any atom is -0.497 e. The van der Waals surface area contributed by atoms with Crippen LogP contribution in [0.3, 0.4) is 0 Å². The standard InChI is InChI=1S/C29H44O9/c1-21(34-19-22-9-11-23(32-5)12-10-22)16-24(36-28-8-6-7-15-33-28)13-14-26-27(38-29(2,3)37-26)17-25(18-30)35-20-31-4/h9-14,18,21,24-28H,6-8,15-17,19-20H2,1-5H3/b14-13+/t21?,24?,25?,26-,27-,28?/m1/s1. The zero-order valence-electron chi connectivity index (χ0n) is 23.3. The quantitative estimate of drug-likeness (QED) is 0.171. The first kappa shape index (κ1) is 30.7. The highest BCUT2D eigenvalue weighted by Crippen LogP contribution is 2.32. The predicted molar refractivity (Wildman–Crippen MR) is 141 cm³/mol. The van der Waals surface area contributed by atoms with E-state index in [2.05, 4.69) is 0 Å². The third kappa shape index (κ3) is 10.4. The Hall–Kier alpha value is -1.85. The Morgan fingerprint density at radius 3 is 2.53 bits per heavy atom. The monoisotopic (exact) mass is 536 g/mol. The number of carbonyl (C=O) groups excluding carboxylic acids is 1. The molecule has 2 aliphatic rings. The summed E-state index contributed by atoms with van der Waals surface area (Å²) in [6, 6.07) is 7.85. The lowest BCUT2D eigenvalue weighted by atomic mass is 10.0. The summed E-state index contributed by atoms with van der Waals surface area (Å²) in [5.74, 6) is 0.0311. The van der Waals surface area contributed by atoms with Crippen LogP contribution in [-0.4, -0.2) is 76.5 Å². The zero-order valence-corrected chi connectivity index (χ0v) is 23.3. The molecule has 2 aliphatic heterocycles. The first-order valence-electron chi connectivity index (χ1n) is 13.4. The lowest BCUT2D eigenvalue weighted by molar-refractivity contribution is -0.184. The summed E-state index contributed by atoms with van der Waals surface area (Å²) in [5, 5.41) is 0. The number of carbonyl (C=O) groups is 1. The molecule has 214 valence electrons. The van der Waals surface area contributed by atoms with E-state index in [1.54, 1.807) is 7.11 Å². The maximum Gasteiger partial charge on any atom is 0.164 e. The van der Waals surface area contributed by atoms with Crippen LogP contribution in [0.1, 0.15) is 58.4 Å². The Bertz CT molecular complexity index is 835. The van der Waals surface area contributed by atoms with E-state index in [1.165, 1.54) is 7.11 Å². The molecule has 1 aromatic carbocycles. The Morgan fingerprint density at radius 2 is 1.87 bits per heavy atom. The summed E-state index contributed by atoms with van der Waals surface area (Å²) >= 11 is 0. The van der Waals surface area contributed by atoms with Gasteiger partial charge in [-0.25, -0.2) is 0 Å². The number of methoxy groups -OCH3 is 2. The molecule has 1 aromatic rings. The molecule has 2 saturated heterocycles. The molecular formula is C29H44O9. The molecule has 0 radical (unpaired) electrons. The van der Waals surface area contributed by atoms with Crippen LogP contribution < -0.4 is 4.74 Å². The van der Waals surface area contributed by atoms with Gasteiger partial charge in [0.05, 0.1) is 32.0 Å². The fourth-order valence-corrected chi connectivity index (χ4v) is 4.54. The van der Waals surface area contributed by atoms with Crippen molar-refractivity contribution in [1.29, 1.82) is 0 Å². The maximum absolute atomic E-state index is 11.5. The fourth-order valence-electron chi connectivity index (χ4n) is 4.54. The topological polar surface area (TPSA) is 90.9 Å². The highest BCUT2D eigenvalue weighted by molar-refractivity contribution is 5.56.